The molecule has 2 aromatic carbocycles. The number of benzene rings is 2. The third-order valence-electron chi connectivity index (χ3n) is 6.89. The summed E-state index contributed by atoms with van der Waals surface area (Å²) >= 11 is 0. The maximum absolute atomic E-state index is 13.5. The normalized spacial score (nSPS) is 17.8. The van der Waals surface area contributed by atoms with Crippen molar-refractivity contribution in [2.45, 2.75) is 32.9 Å². The Kier molecular flexibility index (Phi) is 7.91. The lowest BCUT2D eigenvalue weighted by molar-refractivity contribution is -0.140. The average Bonchev–Trinajstić information content (AvgIpc) is 3.22. The minimum absolute atomic E-state index is 0.0268. The van der Waals surface area contributed by atoms with Gasteiger partial charge in [0, 0.05) is 24.5 Å². The molecule has 5 rings (SSSR count). The number of fused-ring (bicyclic) bond motifs is 1. The highest BCUT2D eigenvalue weighted by Crippen LogP contribution is 2.43. The Morgan fingerprint density at radius 3 is 2.60 bits per heavy atom. The van der Waals surface area contributed by atoms with Crippen LogP contribution in [-0.2, 0) is 16.1 Å². The van der Waals surface area contributed by atoms with Crippen LogP contribution in [0.1, 0.15) is 43.0 Å². The van der Waals surface area contributed by atoms with E-state index in [0.29, 0.717) is 59.9 Å². The van der Waals surface area contributed by atoms with Crippen LogP contribution < -0.4 is 18.9 Å². The van der Waals surface area contributed by atoms with Gasteiger partial charge in [-0.1, -0.05) is 26.0 Å². The van der Waals surface area contributed by atoms with Crippen molar-refractivity contribution < 1.29 is 33.6 Å². The van der Waals surface area contributed by atoms with Crippen molar-refractivity contribution in [2.24, 2.45) is 5.92 Å². The van der Waals surface area contributed by atoms with Crippen LogP contribution in [0.5, 0.6) is 23.0 Å². The summed E-state index contributed by atoms with van der Waals surface area (Å²) < 4.78 is 22.8. The van der Waals surface area contributed by atoms with Gasteiger partial charge in [-0.15, -0.1) is 0 Å². The van der Waals surface area contributed by atoms with Crippen molar-refractivity contribution in [3.8, 4) is 23.0 Å². The Morgan fingerprint density at radius 2 is 1.88 bits per heavy atom. The summed E-state index contributed by atoms with van der Waals surface area (Å²) in [5.74, 6) is 0.718. The minimum atomic E-state index is -0.882. The van der Waals surface area contributed by atoms with Crippen LogP contribution >= 0.6 is 0 Å². The molecule has 1 atom stereocenters. The second kappa shape index (κ2) is 11.7. The van der Waals surface area contributed by atoms with E-state index >= 15 is 0 Å². The second-order valence-corrected chi connectivity index (χ2v) is 10.1. The fraction of sp³-hybridized carbons (Fsp3) is 0.323. The summed E-state index contributed by atoms with van der Waals surface area (Å²) in [5, 5.41) is 11.5. The van der Waals surface area contributed by atoms with Gasteiger partial charge in [0.25, 0.3) is 11.7 Å². The van der Waals surface area contributed by atoms with E-state index in [1.807, 2.05) is 6.07 Å². The van der Waals surface area contributed by atoms with Crippen molar-refractivity contribution in [1.29, 1.82) is 0 Å². The first-order chi connectivity index (χ1) is 19.4. The number of amides is 1. The number of methoxy groups -OCH3 is 1. The summed E-state index contributed by atoms with van der Waals surface area (Å²) in [7, 11) is 1.54. The Hall–Kier alpha value is -4.53. The predicted molar refractivity (Wildman–Crippen MR) is 147 cm³/mol. The number of pyridine rings is 1. The van der Waals surface area contributed by atoms with Crippen LogP contribution in [0.3, 0.4) is 0 Å². The van der Waals surface area contributed by atoms with E-state index in [1.165, 1.54) is 12.0 Å². The number of hydrogen-bond donors (Lipinski definition) is 1. The predicted octanol–water partition coefficient (Wildman–Crippen LogP) is 4.91. The molecule has 0 radical (unpaired) electrons. The molecule has 208 valence electrons. The topological polar surface area (TPSA) is 107 Å². The number of ketones is 1. The maximum atomic E-state index is 13.5. The molecule has 1 amide bonds. The molecular weight excluding hydrogens is 512 g/mol. The Labute approximate surface area is 233 Å². The highest BCUT2D eigenvalue weighted by Gasteiger charge is 2.46. The van der Waals surface area contributed by atoms with Gasteiger partial charge < -0.3 is 29.0 Å². The molecule has 0 saturated carbocycles. The number of hydrogen-bond acceptors (Lipinski definition) is 8. The van der Waals surface area contributed by atoms with E-state index in [-0.39, 0.29) is 17.9 Å². The number of ether oxygens (including phenoxy) is 4. The van der Waals surface area contributed by atoms with Gasteiger partial charge in [0.05, 0.1) is 25.3 Å². The number of nitrogens with zero attached hydrogens (tertiary/aromatic N) is 2. The largest absolute Gasteiger partial charge is 0.507 e. The third kappa shape index (κ3) is 5.45. The molecule has 1 aromatic heterocycles. The first kappa shape index (κ1) is 27.1. The first-order valence-electron chi connectivity index (χ1n) is 13.3. The maximum Gasteiger partial charge on any atom is 0.295 e. The number of carbonyl (C=O) groups is 2. The third-order valence-corrected chi connectivity index (χ3v) is 6.89. The second-order valence-electron chi connectivity index (χ2n) is 10.1. The molecule has 9 nitrogen and oxygen atoms in total. The highest BCUT2D eigenvalue weighted by molar-refractivity contribution is 6.46. The molecule has 2 aliphatic rings. The molecule has 1 saturated heterocycles. The molecule has 1 unspecified atom stereocenters. The van der Waals surface area contributed by atoms with E-state index in [1.54, 1.807) is 54.9 Å². The monoisotopic (exact) mass is 544 g/mol. The van der Waals surface area contributed by atoms with Crippen LogP contribution in [0.15, 0.2) is 66.5 Å². The van der Waals surface area contributed by atoms with Gasteiger partial charge in [0.15, 0.2) is 23.0 Å². The summed E-state index contributed by atoms with van der Waals surface area (Å²) in [6.45, 7) is 5.69. The van der Waals surface area contributed by atoms with Gasteiger partial charge >= 0.3 is 0 Å². The molecule has 9 heteroatoms. The molecule has 1 fully saturated rings. The Morgan fingerprint density at radius 1 is 1.07 bits per heavy atom. The van der Waals surface area contributed by atoms with E-state index < -0.39 is 17.7 Å². The van der Waals surface area contributed by atoms with Crippen molar-refractivity contribution >= 4 is 17.4 Å². The molecule has 2 aliphatic heterocycles. The lowest BCUT2D eigenvalue weighted by Gasteiger charge is -2.26. The van der Waals surface area contributed by atoms with Crippen molar-refractivity contribution in [3.05, 3.63) is 83.2 Å². The van der Waals surface area contributed by atoms with Crippen LogP contribution in [-0.4, -0.2) is 53.6 Å². The number of Topliss-reactive ketones (excluding diaryl/α,β-unsaturated/α-hetero) is 1. The van der Waals surface area contributed by atoms with Crippen LogP contribution in [0.4, 0.5) is 0 Å². The zero-order valence-electron chi connectivity index (χ0n) is 22.8. The molecular formula is C31H32N2O7. The number of likely N-dealkylation sites (tertiary alicyclic amines) is 1. The summed E-state index contributed by atoms with van der Waals surface area (Å²) in [4.78, 5) is 32.5. The standard InChI is InChI=1S/C31H32N2O7/c1-19(2)10-12-38-23-8-6-21(15-25(23)37-3)28-27(29(34)22-7-9-24-26(16-22)40-14-13-39-24)30(35)31(36)33(28)18-20-5-4-11-32-17-20/h4-9,11,15-17,19,28,34H,10,12-14,18H2,1-3H3. The van der Waals surface area contributed by atoms with Gasteiger partial charge in [0.1, 0.15) is 19.0 Å². The number of carbonyl (C=O) groups excluding carboxylic acids is 2. The minimum Gasteiger partial charge on any atom is -0.507 e. The zero-order chi connectivity index (χ0) is 28.2. The fourth-order valence-corrected chi connectivity index (χ4v) is 4.80. The lowest BCUT2D eigenvalue weighted by atomic mass is 9.94. The van der Waals surface area contributed by atoms with E-state index in [4.69, 9.17) is 18.9 Å². The van der Waals surface area contributed by atoms with Crippen LogP contribution in [0.2, 0.25) is 0 Å². The lowest BCUT2D eigenvalue weighted by Crippen LogP contribution is -2.29. The van der Waals surface area contributed by atoms with E-state index in [2.05, 4.69) is 18.8 Å². The van der Waals surface area contributed by atoms with Crippen LogP contribution in [0, 0.1) is 5.92 Å². The number of aliphatic hydroxyl groups excluding tert-OH is 1. The summed E-state index contributed by atoms with van der Waals surface area (Å²) in [6.07, 6.45) is 4.16. The number of aliphatic hydroxyl groups is 1. The molecule has 3 aromatic rings. The highest BCUT2D eigenvalue weighted by atomic mass is 16.6. The number of rotatable bonds is 9. The van der Waals surface area contributed by atoms with Crippen molar-refractivity contribution in [2.75, 3.05) is 26.9 Å². The summed E-state index contributed by atoms with van der Waals surface area (Å²) in [5.41, 5.74) is 1.65. The molecule has 0 aliphatic carbocycles. The van der Waals surface area contributed by atoms with Gasteiger partial charge in [-0.25, -0.2) is 0 Å². The van der Waals surface area contributed by atoms with Gasteiger partial charge in [0.2, 0.25) is 0 Å². The fourth-order valence-electron chi connectivity index (χ4n) is 4.80. The smallest absolute Gasteiger partial charge is 0.295 e. The molecule has 3 heterocycles. The Bertz CT molecular complexity index is 1430. The van der Waals surface area contributed by atoms with Crippen LogP contribution in [0.25, 0.3) is 5.76 Å². The summed E-state index contributed by atoms with van der Waals surface area (Å²) in [6, 6.07) is 12.9. The zero-order valence-corrected chi connectivity index (χ0v) is 22.8. The van der Waals surface area contributed by atoms with Gasteiger partial charge in [-0.3, -0.25) is 14.6 Å². The quantitative estimate of drug-likeness (QED) is 0.230. The van der Waals surface area contributed by atoms with E-state index in [9.17, 15) is 14.7 Å². The molecule has 1 N–H and O–H groups in total. The number of aromatic nitrogens is 1. The molecule has 40 heavy (non-hydrogen) atoms. The first-order valence-corrected chi connectivity index (χ1v) is 13.3. The Balaban J connectivity index is 1.59. The molecule has 0 spiro atoms. The van der Waals surface area contributed by atoms with Gasteiger partial charge in [-0.2, -0.15) is 0 Å². The van der Waals surface area contributed by atoms with E-state index in [0.717, 1.165) is 12.0 Å². The molecule has 0 bridgehead atoms. The van der Waals surface area contributed by atoms with Gasteiger partial charge in [-0.05, 0) is 59.9 Å². The van der Waals surface area contributed by atoms with Crippen molar-refractivity contribution in [1.82, 2.24) is 9.88 Å². The average molecular weight is 545 g/mol. The van der Waals surface area contributed by atoms with Crippen molar-refractivity contribution in [3.63, 3.8) is 0 Å². The SMILES string of the molecule is COc1cc(C2C(=C(O)c3ccc4c(c3)OCCO4)C(=O)C(=O)N2Cc2cccnc2)ccc1OCCC(C)C.